The van der Waals surface area contributed by atoms with Crippen molar-refractivity contribution in [2.75, 3.05) is 0 Å². The number of carbonyl (C=O) groups is 2. The van der Waals surface area contributed by atoms with E-state index >= 15 is 0 Å². The second kappa shape index (κ2) is 6.71. The minimum absolute atomic E-state index is 0.113. The lowest BCUT2D eigenvalue weighted by atomic mass is 10.2. The van der Waals surface area contributed by atoms with Gasteiger partial charge in [-0.05, 0) is 6.42 Å². The molecule has 0 aromatic rings. The maximum absolute atomic E-state index is 10.5. The van der Waals surface area contributed by atoms with Crippen LogP contribution in [0.3, 0.4) is 0 Å². The first-order valence-electron chi connectivity index (χ1n) is 4.05. The predicted molar refractivity (Wildman–Crippen MR) is 48.5 cm³/mol. The van der Waals surface area contributed by atoms with Crippen molar-refractivity contribution in [2.45, 2.75) is 19.8 Å². The highest BCUT2D eigenvalue weighted by atomic mass is 16.5. The van der Waals surface area contributed by atoms with Crippen LogP contribution in [0.25, 0.3) is 0 Å². The summed E-state index contributed by atoms with van der Waals surface area (Å²) in [6.07, 6.45) is 3.80. The van der Waals surface area contributed by atoms with E-state index in [1.807, 2.05) is 6.92 Å². The Morgan fingerprint density at radius 2 is 2.00 bits per heavy atom. The average molecular weight is 200 g/mol. The summed E-state index contributed by atoms with van der Waals surface area (Å²) in [5.41, 5.74) is 0.113. The molecule has 0 spiro atoms. The van der Waals surface area contributed by atoms with Gasteiger partial charge in [0.15, 0.2) is 0 Å². The zero-order valence-electron chi connectivity index (χ0n) is 7.77. The van der Waals surface area contributed by atoms with Crippen LogP contribution in [0.1, 0.15) is 19.8 Å². The van der Waals surface area contributed by atoms with E-state index in [2.05, 4.69) is 4.74 Å². The van der Waals surface area contributed by atoms with E-state index in [9.17, 15) is 9.59 Å². The van der Waals surface area contributed by atoms with Gasteiger partial charge in [-0.25, -0.2) is 9.59 Å². The third kappa shape index (κ3) is 5.82. The summed E-state index contributed by atoms with van der Waals surface area (Å²) in [6.45, 7) is 1.84. The highest BCUT2D eigenvalue weighted by molar-refractivity contribution is 5.86. The molecule has 0 aliphatic heterocycles. The molecule has 0 rings (SSSR count). The summed E-state index contributed by atoms with van der Waals surface area (Å²) < 4.78 is 4.62. The minimum atomic E-state index is -1.15. The quantitative estimate of drug-likeness (QED) is 0.499. The van der Waals surface area contributed by atoms with Crippen LogP contribution in [0.15, 0.2) is 24.2 Å². The van der Waals surface area contributed by atoms with Gasteiger partial charge in [0.05, 0.1) is 17.9 Å². The van der Waals surface area contributed by atoms with Crippen molar-refractivity contribution in [3.63, 3.8) is 0 Å². The second-order valence-electron chi connectivity index (χ2n) is 2.48. The highest BCUT2D eigenvalue weighted by Gasteiger charge is 2.05. The van der Waals surface area contributed by atoms with Gasteiger partial charge >= 0.3 is 11.9 Å². The van der Waals surface area contributed by atoms with Gasteiger partial charge < -0.3 is 14.9 Å². The Labute approximate surface area is 81.3 Å². The normalized spacial score (nSPS) is 11.6. The molecule has 0 bridgehead atoms. The van der Waals surface area contributed by atoms with Gasteiger partial charge in [0.2, 0.25) is 0 Å². The topological polar surface area (TPSA) is 83.8 Å². The van der Waals surface area contributed by atoms with Crippen LogP contribution >= 0.6 is 0 Å². The maximum Gasteiger partial charge on any atom is 0.334 e. The summed E-state index contributed by atoms with van der Waals surface area (Å²) in [5.74, 6) is -2.21. The fraction of sp³-hybridized carbons (Fsp3) is 0.333. The van der Waals surface area contributed by atoms with E-state index in [1.54, 1.807) is 0 Å². The molecular formula is C9H12O5. The average Bonchev–Trinajstić information content (AvgIpc) is 2.09. The molecule has 0 heterocycles. The molecule has 78 valence electrons. The minimum Gasteiger partial charge on any atom is -0.478 e. The predicted octanol–water partition coefficient (Wildman–Crippen LogP) is 1.37. The van der Waals surface area contributed by atoms with E-state index in [1.165, 1.54) is 0 Å². The van der Waals surface area contributed by atoms with Crippen molar-refractivity contribution < 1.29 is 24.5 Å². The molecule has 5 nitrogen and oxygen atoms in total. The Balaban J connectivity index is 4.16. The first kappa shape index (κ1) is 12.2. The number of aliphatic carboxylic acids is 2. The molecule has 0 aromatic carbocycles. The van der Waals surface area contributed by atoms with Crippen LogP contribution in [0, 0.1) is 0 Å². The number of ether oxygens (including phenoxy) is 1. The number of carboxylic acids is 2. The number of hydrogen-bond donors (Lipinski definition) is 2. The lowest BCUT2D eigenvalue weighted by Crippen LogP contribution is -2.00. The van der Waals surface area contributed by atoms with E-state index in [-0.39, 0.29) is 5.57 Å². The molecule has 0 radical (unpaired) electrons. The van der Waals surface area contributed by atoms with Gasteiger partial charge in [0.1, 0.15) is 6.26 Å². The van der Waals surface area contributed by atoms with Crippen molar-refractivity contribution in [3.8, 4) is 0 Å². The summed E-state index contributed by atoms with van der Waals surface area (Å²) in [5, 5.41) is 16.8. The number of carboxylic acid groups (broad SMARTS) is 2. The Bertz CT molecular complexity index is 264. The van der Waals surface area contributed by atoms with E-state index in [0.29, 0.717) is 12.8 Å². The van der Waals surface area contributed by atoms with Gasteiger partial charge in [-0.15, -0.1) is 0 Å². The molecule has 0 aliphatic carbocycles. The van der Waals surface area contributed by atoms with Gasteiger partial charge in [-0.2, -0.15) is 0 Å². The summed E-state index contributed by atoms with van der Waals surface area (Å²) in [4.78, 5) is 20.5. The Hall–Kier alpha value is -1.78. The second-order valence-corrected chi connectivity index (χ2v) is 2.48. The standard InChI is InChI=1S/C9H12O5/c1-2-3-7(9(12)13)6-14-5-4-8(10)11/h4-6H,2-3H2,1H3,(H,10,11)(H,12,13). The van der Waals surface area contributed by atoms with Gasteiger partial charge in [0, 0.05) is 0 Å². The largest absolute Gasteiger partial charge is 0.478 e. The van der Waals surface area contributed by atoms with Crippen LogP contribution in [-0.2, 0) is 14.3 Å². The highest BCUT2D eigenvalue weighted by Crippen LogP contribution is 2.04. The summed E-state index contributed by atoms with van der Waals surface area (Å²) in [7, 11) is 0. The monoisotopic (exact) mass is 200 g/mol. The molecule has 2 N–H and O–H groups in total. The molecule has 0 saturated heterocycles. The molecule has 0 aromatic heterocycles. The molecule has 0 aliphatic rings. The fourth-order valence-electron chi connectivity index (χ4n) is 0.705. The molecule has 0 unspecified atom stereocenters. The van der Waals surface area contributed by atoms with Crippen LogP contribution in [0.4, 0.5) is 0 Å². The van der Waals surface area contributed by atoms with Gasteiger partial charge in [-0.1, -0.05) is 13.3 Å². The van der Waals surface area contributed by atoms with Crippen molar-refractivity contribution in [1.29, 1.82) is 0 Å². The van der Waals surface area contributed by atoms with Crippen LogP contribution in [-0.4, -0.2) is 22.2 Å². The SMILES string of the molecule is CCCC(=COC=CC(=O)O)C(=O)O. The Morgan fingerprint density at radius 1 is 1.36 bits per heavy atom. The molecule has 0 fully saturated rings. The number of hydrogen-bond acceptors (Lipinski definition) is 3. The van der Waals surface area contributed by atoms with Crippen LogP contribution in [0.5, 0.6) is 0 Å². The Kier molecular flexibility index (Phi) is 5.85. The molecule has 0 atom stereocenters. The molecule has 5 heteroatoms. The third-order valence-corrected chi connectivity index (χ3v) is 1.29. The maximum atomic E-state index is 10.5. The third-order valence-electron chi connectivity index (χ3n) is 1.29. The van der Waals surface area contributed by atoms with Crippen LogP contribution in [0.2, 0.25) is 0 Å². The van der Waals surface area contributed by atoms with Gasteiger partial charge in [0.25, 0.3) is 0 Å². The van der Waals surface area contributed by atoms with Gasteiger partial charge in [-0.3, -0.25) is 0 Å². The van der Waals surface area contributed by atoms with Crippen molar-refractivity contribution in [2.24, 2.45) is 0 Å². The molecule has 0 amide bonds. The van der Waals surface area contributed by atoms with Crippen molar-refractivity contribution in [3.05, 3.63) is 24.2 Å². The van der Waals surface area contributed by atoms with E-state index < -0.39 is 11.9 Å². The summed E-state index contributed by atoms with van der Waals surface area (Å²) in [6, 6.07) is 0. The zero-order chi connectivity index (χ0) is 11.0. The molecule has 14 heavy (non-hydrogen) atoms. The van der Waals surface area contributed by atoms with E-state index in [0.717, 1.165) is 18.6 Å². The first-order chi connectivity index (χ1) is 6.57. The van der Waals surface area contributed by atoms with Crippen molar-refractivity contribution in [1.82, 2.24) is 0 Å². The molecular weight excluding hydrogens is 188 g/mol. The lowest BCUT2D eigenvalue weighted by molar-refractivity contribution is -0.133. The number of rotatable bonds is 6. The summed E-state index contributed by atoms with van der Waals surface area (Å²) >= 11 is 0. The van der Waals surface area contributed by atoms with E-state index in [4.69, 9.17) is 10.2 Å². The fourth-order valence-corrected chi connectivity index (χ4v) is 0.705. The smallest absolute Gasteiger partial charge is 0.334 e. The molecule has 0 saturated carbocycles. The lowest BCUT2D eigenvalue weighted by Gasteiger charge is -1.98. The first-order valence-corrected chi connectivity index (χ1v) is 4.05. The zero-order valence-corrected chi connectivity index (χ0v) is 7.77. The van der Waals surface area contributed by atoms with Crippen LogP contribution < -0.4 is 0 Å². The van der Waals surface area contributed by atoms with Crippen molar-refractivity contribution >= 4 is 11.9 Å². The Morgan fingerprint density at radius 3 is 2.43 bits per heavy atom.